The zero-order valence-corrected chi connectivity index (χ0v) is 11.3. The van der Waals surface area contributed by atoms with E-state index in [-0.39, 0.29) is 12.5 Å². The van der Waals surface area contributed by atoms with E-state index in [9.17, 15) is 9.59 Å². The lowest BCUT2D eigenvalue weighted by Crippen LogP contribution is -2.20. The Morgan fingerprint density at radius 2 is 2.25 bits per heavy atom. The summed E-state index contributed by atoms with van der Waals surface area (Å²) in [6.45, 7) is -0.192. The first-order chi connectivity index (χ1) is 9.60. The van der Waals surface area contributed by atoms with Gasteiger partial charge in [0.2, 0.25) is 5.91 Å². The van der Waals surface area contributed by atoms with Crippen molar-refractivity contribution in [1.82, 2.24) is 9.78 Å². The molecule has 20 heavy (non-hydrogen) atoms. The highest BCUT2D eigenvalue weighted by Crippen LogP contribution is 2.49. The van der Waals surface area contributed by atoms with Gasteiger partial charge in [-0.15, -0.1) is 0 Å². The number of fused-ring (bicyclic) bond motifs is 2. The lowest BCUT2D eigenvalue weighted by molar-refractivity contribution is -0.137. The zero-order valence-electron chi connectivity index (χ0n) is 11.3. The van der Waals surface area contributed by atoms with E-state index in [1.165, 1.54) is 30.4 Å². The Morgan fingerprint density at radius 1 is 1.40 bits per heavy atom. The molecule has 0 spiro atoms. The molecular formula is C14H19N3O3. The largest absolute Gasteiger partial charge is 0.480 e. The van der Waals surface area contributed by atoms with E-state index in [2.05, 4.69) is 10.4 Å². The van der Waals surface area contributed by atoms with Gasteiger partial charge in [0.15, 0.2) is 5.82 Å². The molecule has 1 aromatic heterocycles. The van der Waals surface area contributed by atoms with Crippen LogP contribution < -0.4 is 5.32 Å². The molecule has 0 aliphatic heterocycles. The summed E-state index contributed by atoms with van der Waals surface area (Å²) in [7, 11) is 0. The van der Waals surface area contributed by atoms with Crippen molar-refractivity contribution < 1.29 is 14.7 Å². The Labute approximate surface area is 117 Å². The van der Waals surface area contributed by atoms with Gasteiger partial charge < -0.3 is 10.4 Å². The molecule has 2 aliphatic rings. The van der Waals surface area contributed by atoms with Crippen molar-refractivity contribution in [3.63, 3.8) is 0 Å². The minimum atomic E-state index is -0.951. The molecule has 0 saturated heterocycles. The number of amides is 1. The van der Waals surface area contributed by atoms with Crippen LogP contribution in [0.1, 0.15) is 32.1 Å². The van der Waals surface area contributed by atoms with Crippen molar-refractivity contribution in [2.75, 3.05) is 5.32 Å². The number of carboxylic acid groups (broad SMARTS) is 1. The van der Waals surface area contributed by atoms with Crippen molar-refractivity contribution in [3.8, 4) is 0 Å². The molecule has 2 fully saturated rings. The number of nitrogens with zero attached hydrogens (tertiary/aromatic N) is 2. The quantitative estimate of drug-likeness (QED) is 0.858. The van der Waals surface area contributed by atoms with Crippen LogP contribution in [0.5, 0.6) is 0 Å². The molecule has 2 N–H and O–H groups in total. The molecule has 3 atom stereocenters. The Morgan fingerprint density at radius 3 is 2.90 bits per heavy atom. The minimum absolute atomic E-state index is 0.0110. The second kappa shape index (κ2) is 5.26. The summed E-state index contributed by atoms with van der Waals surface area (Å²) in [6, 6.07) is 1.63. The van der Waals surface area contributed by atoms with Gasteiger partial charge >= 0.3 is 5.97 Å². The van der Waals surface area contributed by atoms with Gasteiger partial charge in [-0.3, -0.25) is 14.3 Å². The van der Waals surface area contributed by atoms with E-state index >= 15 is 0 Å². The van der Waals surface area contributed by atoms with Gasteiger partial charge in [0, 0.05) is 18.7 Å². The van der Waals surface area contributed by atoms with E-state index in [1.807, 2.05) is 0 Å². The first-order valence-corrected chi connectivity index (χ1v) is 7.15. The number of aliphatic carboxylic acids is 1. The monoisotopic (exact) mass is 277 g/mol. The lowest BCUT2D eigenvalue weighted by atomic mass is 9.86. The SMILES string of the molecule is O=C(O)Cn1ccc(NC(=O)C[C@@H]2C[C@H]3CC[C@H]2C3)n1. The Bertz CT molecular complexity index is 525. The second-order valence-corrected chi connectivity index (χ2v) is 5.98. The third-order valence-electron chi connectivity index (χ3n) is 4.54. The summed E-state index contributed by atoms with van der Waals surface area (Å²) in [5.74, 6) is 1.56. The zero-order chi connectivity index (χ0) is 14.1. The molecule has 3 rings (SSSR count). The second-order valence-electron chi connectivity index (χ2n) is 5.98. The van der Waals surface area contributed by atoms with E-state index in [4.69, 9.17) is 5.11 Å². The number of aromatic nitrogens is 2. The molecule has 1 heterocycles. The number of hydrogen-bond acceptors (Lipinski definition) is 3. The number of carboxylic acids is 1. The maximum absolute atomic E-state index is 12.0. The van der Waals surface area contributed by atoms with Gasteiger partial charge in [0.1, 0.15) is 6.54 Å². The molecule has 108 valence electrons. The number of carbonyl (C=O) groups is 2. The van der Waals surface area contributed by atoms with E-state index in [0.717, 1.165) is 11.8 Å². The van der Waals surface area contributed by atoms with Gasteiger partial charge in [0.05, 0.1) is 0 Å². The molecule has 0 unspecified atom stereocenters. The van der Waals surface area contributed by atoms with Crippen molar-refractivity contribution in [2.45, 2.75) is 38.6 Å². The molecule has 6 nitrogen and oxygen atoms in total. The van der Waals surface area contributed by atoms with Crippen LogP contribution in [-0.2, 0) is 16.1 Å². The molecule has 2 bridgehead atoms. The highest BCUT2D eigenvalue weighted by atomic mass is 16.4. The number of carbonyl (C=O) groups excluding carboxylic acids is 1. The highest BCUT2D eigenvalue weighted by molar-refractivity contribution is 5.89. The molecule has 2 saturated carbocycles. The van der Waals surface area contributed by atoms with E-state index in [1.54, 1.807) is 12.3 Å². The summed E-state index contributed by atoms with van der Waals surface area (Å²) >= 11 is 0. The fourth-order valence-electron chi connectivity index (χ4n) is 3.71. The van der Waals surface area contributed by atoms with Crippen LogP contribution in [0.4, 0.5) is 5.82 Å². The van der Waals surface area contributed by atoms with Crippen molar-refractivity contribution in [3.05, 3.63) is 12.3 Å². The van der Waals surface area contributed by atoms with Crippen LogP contribution >= 0.6 is 0 Å². The van der Waals surface area contributed by atoms with Crippen molar-refractivity contribution >= 4 is 17.7 Å². The van der Waals surface area contributed by atoms with Gasteiger partial charge in [-0.1, -0.05) is 6.42 Å². The average Bonchev–Trinajstić information content (AvgIpc) is 3.05. The predicted octanol–water partition coefficient (Wildman–Crippen LogP) is 1.73. The van der Waals surface area contributed by atoms with Crippen LogP contribution in [0.2, 0.25) is 0 Å². The number of hydrogen-bond donors (Lipinski definition) is 2. The van der Waals surface area contributed by atoms with Crippen molar-refractivity contribution in [1.29, 1.82) is 0 Å². The summed E-state index contributed by atoms with van der Waals surface area (Å²) in [5, 5.41) is 15.4. The molecular weight excluding hydrogens is 258 g/mol. The molecule has 0 aromatic carbocycles. The van der Waals surface area contributed by atoms with Gasteiger partial charge in [-0.2, -0.15) is 5.10 Å². The standard InChI is InChI=1S/C14H19N3O3/c18-13(7-11-6-9-1-2-10(11)5-9)15-12-3-4-17(16-12)8-14(19)20/h3-4,9-11H,1-2,5-8H2,(H,19,20)(H,15,16,18)/t9-,10-,11-/m0/s1. The number of anilines is 1. The normalized spacial score (nSPS) is 27.7. The van der Waals surface area contributed by atoms with Crippen molar-refractivity contribution in [2.24, 2.45) is 17.8 Å². The van der Waals surface area contributed by atoms with Crippen LogP contribution in [-0.4, -0.2) is 26.8 Å². The molecule has 6 heteroatoms. The topological polar surface area (TPSA) is 84.2 Å². The first-order valence-electron chi connectivity index (χ1n) is 7.15. The van der Waals surface area contributed by atoms with Crippen LogP contribution in [0.15, 0.2) is 12.3 Å². The third-order valence-corrected chi connectivity index (χ3v) is 4.54. The maximum atomic E-state index is 12.0. The fraction of sp³-hybridized carbons (Fsp3) is 0.643. The van der Waals surface area contributed by atoms with E-state index < -0.39 is 5.97 Å². The maximum Gasteiger partial charge on any atom is 0.325 e. The Balaban J connectivity index is 1.51. The summed E-state index contributed by atoms with van der Waals surface area (Å²) < 4.78 is 1.30. The Kier molecular flexibility index (Phi) is 3.46. The summed E-state index contributed by atoms with van der Waals surface area (Å²) in [6.07, 6.45) is 7.21. The van der Waals surface area contributed by atoms with Gasteiger partial charge in [-0.05, 0) is 37.0 Å². The predicted molar refractivity (Wildman–Crippen MR) is 72.0 cm³/mol. The van der Waals surface area contributed by atoms with Crippen LogP contribution in [0.3, 0.4) is 0 Å². The smallest absolute Gasteiger partial charge is 0.325 e. The number of nitrogens with one attached hydrogen (secondary N) is 1. The molecule has 1 aromatic rings. The van der Waals surface area contributed by atoms with E-state index in [0.29, 0.717) is 18.2 Å². The molecule has 1 amide bonds. The minimum Gasteiger partial charge on any atom is -0.480 e. The highest BCUT2D eigenvalue weighted by Gasteiger charge is 2.40. The van der Waals surface area contributed by atoms with Gasteiger partial charge in [0.25, 0.3) is 0 Å². The molecule has 0 radical (unpaired) electrons. The first kappa shape index (κ1) is 13.1. The van der Waals surface area contributed by atoms with Crippen LogP contribution in [0.25, 0.3) is 0 Å². The summed E-state index contributed by atoms with van der Waals surface area (Å²) in [4.78, 5) is 22.6. The average molecular weight is 277 g/mol. The third kappa shape index (κ3) is 2.84. The Hall–Kier alpha value is -1.85. The van der Waals surface area contributed by atoms with Gasteiger partial charge in [-0.25, -0.2) is 0 Å². The summed E-state index contributed by atoms with van der Waals surface area (Å²) in [5.41, 5.74) is 0. The lowest BCUT2D eigenvalue weighted by Gasteiger charge is -2.20. The molecule has 2 aliphatic carbocycles. The van der Waals surface area contributed by atoms with Crippen LogP contribution in [0, 0.1) is 17.8 Å². The number of rotatable bonds is 5. The fourth-order valence-corrected chi connectivity index (χ4v) is 3.71.